The third-order valence-electron chi connectivity index (χ3n) is 3.01. The van der Waals surface area contributed by atoms with Gasteiger partial charge in [0.05, 0.1) is 12.2 Å². The first-order valence-electron chi connectivity index (χ1n) is 6.95. The maximum atomic E-state index is 12.9. The molecular weight excluding hydrogens is 283 g/mol. The molecule has 0 saturated heterocycles. The molecule has 0 aliphatic heterocycles. The second kappa shape index (κ2) is 8.02. The van der Waals surface area contributed by atoms with E-state index in [2.05, 4.69) is 5.32 Å². The number of hydrogen-bond acceptors (Lipinski definition) is 3. The Balaban J connectivity index is 2.79. The molecule has 0 aromatic heterocycles. The van der Waals surface area contributed by atoms with Crippen LogP contribution in [-0.2, 0) is 22.3 Å². The van der Waals surface area contributed by atoms with E-state index in [0.717, 1.165) is 12.5 Å². The Morgan fingerprint density at radius 2 is 1.95 bits per heavy atom. The van der Waals surface area contributed by atoms with E-state index in [1.807, 2.05) is 6.92 Å². The summed E-state index contributed by atoms with van der Waals surface area (Å²) in [6, 6.07) is 4.75. The largest absolute Gasteiger partial charge is 0.465 e. The van der Waals surface area contributed by atoms with Gasteiger partial charge in [0.25, 0.3) is 0 Å². The number of carbonyl (C=O) groups excluding carboxylic acids is 1. The molecule has 0 spiro atoms. The standard InChI is InChI=1S/C15H20F3NO2/c1-3-7-13(14(20)21-4-2)19-10-11-8-5-6-9-12(11)15(16,17)18/h5-6,8-9,13,19H,3-4,7,10H2,1-2H3. The lowest BCUT2D eigenvalue weighted by Gasteiger charge is -2.18. The van der Waals surface area contributed by atoms with Crippen LogP contribution in [0.1, 0.15) is 37.8 Å². The summed E-state index contributed by atoms with van der Waals surface area (Å²) < 4.78 is 43.6. The van der Waals surface area contributed by atoms with E-state index in [4.69, 9.17) is 4.74 Å². The van der Waals surface area contributed by atoms with Gasteiger partial charge in [-0.3, -0.25) is 4.79 Å². The van der Waals surface area contributed by atoms with Crippen LogP contribution in [0.4, 0.5) is 13.2 Å². The van der Waals surface area contributed by atoms with Gasteiger partial charge in [-0.05, 0) is 25.0 Å². The van der Waals surface area contributed by atoms with E-state index >= 15 is 0 Å². The predicted octanol–water partition coefficient (Wildman–Crippen LogP) is 3.53. The summed E-state index contributed by atoms with van der Waals surface area (Å²) in [4.78, 5) is 11.7. The van der Waals surface area contributed by atoms with Gasteiger partial charge < -0.3 is 10.1 Å². The van der Waals surface area contributed by atoms with E-state index in [1.54, 1.807) is 13.0 Å². The Kier molecular flexibility index (Phi) is 6.68. The molecule has 0 aliphatic carbocycles. The van der Waals surface area contributed by atoms with Gasteiger partial charge in [0.1, 0.15) is 6.04 Å². The second-order valence-electron chi connectivity index (χ2n) is 4.63. The number of nitrogens with one attached hydrogen (secondary N) is 1. The Morgan fingerprint density at radius 3 is 2.52 bits per heavy atom. The van der Waals surface area contributed by atoms with Crippen molar-refractivity contribution in [3.8, 4) is 0 Å². The van der Waals surface area contributed by atoms with Crippen molar-refractivity contribution in [3.05, 3.63) is 35.4 Å². The number of rotatable bonds is 7. The van der Waals surface area contributed by atoms with Crippen LogP contribution in [0, 0.1) is 0 Å². The average Bonchev–Trinajstić information content (AvgIpc) is 2.43. The Labute approximate surface area is 122 Å². The van der Waals surface area contributed by atoms with Crippen LogP contribution in [0.15, 0.2) is 24.3 Å². The van der Waals surface area contributed by atoms with Crippen LogP contribution >= 0.6 is 0 Å². The summed E-state index contributed by atoms with van der Waals surface area (Å²) in [5.41, 5.74) is -0.563. The number of carbonyl (C=O) groups is 1. The highest BCUT2D eigenvalue weighted by molar-refractivity contribution is 5.75. The van der Waals surface area contributed by atoms with Crippen molar-refractivity contribution in [1.29, 1.82) is 0 Å². The Hall–Kier alpha value is -1.56. The van der Waals surface area contributed by atoms with Crippen LogP contribution in [0.5, 0.6) is 0 Å². The molecule has 1 rings (SSSR count). The predicted molar refractivity (Wildman–Crippen MR) is 73.6 cm³/mol. The summed E-state index contributed by atoms with van der Waals surface area (Å²) >= 11 is 0. The van der Waals surface area contributed by atoms with Crippen molar-refractivity contribution in [2.24, 2.45) is 0 Å². The monoisotopic (exact) mass is 303 g/mol. The normalized spacial score (nSPS) is 13.0. The van der Waals surface area contributed by atoms with Gasteiger partial charge >= 0.3 is 12.1 Å². The molecule has 0 radical (unpaired) electrons. The molecule has 1 aromatic carbocycles. The number of esters is 1. The second-order valence-corrected chi connectivity index (χ2v) is 4.63. The maximum Gasteiger partial charge on any atom is 0.416 e. The van der Waals surface area contributed by atoms with E-state index in [-0.39, 0.29) is 18.7 Å². The van der Waals surface area contributed by atoms with Gasteiger partial charge in [0, 0.05) is 6.54 Å². The fraction of sp³-hybridized carbons (Fsp3) is 0.533. The molecular formula is C15H20F3NO2. The molecule has 1 atom stereocenters. The first-order chi connectivity index (χ1) is 9.90. The molecule has 1 unspecified atom stereocenters. The number of alkyl halides is 3. The average molecular weight is 303 g/mol. The number of benzene rings is 1. The lowest BCUT2D eigenvalue weighted by atomic mass is 10.1. The molecule has 6 heteroatoms. The minimum absolute atomic E-state index is 0.0286. The van der Waals surface area contributed by atoms with Gasteiger partial charge in [-0.1, -0.05) is 31.5 Å². The summed E-state index contributed by atoms with van der Waals surface area (Å²) in [7, 11) is 0. The molecule has 0 bridgehead atoms. The molecule has 0 fully saturated rings. The minimum atomic E-state index is -4.40. The highest BCUT2D eigenvalue weighted by atomic mass is 19.4. The Bertz CT molecular complexity index is 460. The van der Waals surface area contributed by atoms with Crippen LogP contribution in [0.25, 0.3) is 0 Å². The first-order valence-corrected chi connectivity index (χ1v) is 6.95. The summed E-state index contributed by atoms with van der Waals surface area (Å²) in [6.45, 7) is 3.82. The van der Waals surface area contributed by atoms with Crippen LogP contribution in [-0.4, -0.2) is 18.6 Å². The van der Waals surface area contributed by atoms with Crippen LogP contribution in [0.2, 0.25) is 0 Å². The summed E-state index contributed by atoms with van der Waals surface area (Å²) in [6.07, 6.45) is -3.15. The van der Waals surface area contributed by atoms with Crippen molar-refractivity contribution in [2.45, 2.75) is 45.5 Å². The molecule has 0 saturated carbocycles. The zero-order valence-corrected chi connectivity index (χ0v) is 12.2. The molecule has 1 aromatic rings. The zero-order valence-electron chi connectivity index (χ0n) is 12.2. The minimum Gasteiger partial charge on any atom is -0.465 e. The van der Waals surface area contributed by atoms with Crippen molar-refractivity contribution in [2.75, 3.05) is 6.61 Å². The molecule has 0 heterocycles. The van der Waals surface area contributed by atoms with E-state index in [9.17, 15) is 18.0 Å². The SMILES string of the molecule is CCCC(NCc1ccccc1C(F)(F)F)C(=O)OCC. The topological polar surface area (TPSA) is 38.3 Å². The zero-order chi connectivity index (χ0) is 15.9. The number of ether oxygens (including phenoxy) is 1. The summed E-state index contributed by atoms with van der Waals surface area (Å²) in [5, 5.41) is 2.86. The van der Waals surface area contributed by atoms with Gasteiger partial charge in [0.15, 0.2) is 0 Å². The van der Waals surface area contributed by atoms with E-state index < -0.39 is 23.8 Å². The highest BCUT2D eigenvalue weighted by Crippen LogP contribution is 2.31. The molecule has 0 amide bonds. The van der Waals surface area contributed by atoms with Crippen molar-refractivity contribution in [1.82, 2.24) is 5.32 Å². The fourth-order valence-electron chi connectivity index (χ4n) is 2.02. The van der Waals surface area contributed by atoms with Gasteiger partial charge in [-0.25, -0.2) is 0 Å². The molecule has 1 N–H and O–H groups in total. The third-order valence-corrected chi connectivity index (χ3v) is 3.01. The van der Waals surface area contributed by atoms with Crippen LogP contribution < -0.4 is 5.32 Å². The number of hydrogen-bond donors (Lipinski definition) is 1. The quantitative estimate of drug-likeness (QED) is 0.783. The third kappa shape index (κ3) is 5.38. The fourth-order valence-corrected chi connectivity index (χ4v) is 2.02. The molecule has 21 heavy (non-hydrogen) atoms. The van der Waals surface area contributed by atoms with Gasteiger partial charge in [-0.2, -0.15) is 13.2 Å². The van der Waals surface area contributed by atoms with Crippen LogP contribution in [0.3, 0.4) is 0 Å². The summed E-state index contributed by atoms with van der Waals surface area (Å²) in [5.74, 6) is -0.427. The van der Waals surface area contributed by atoms with Gasteiger partial charge in [-0.15, -0.1) is 0 Å². The van der Waals surface area contributed by atoms with Crippen molar-refractivity contribution < 1.29 is 22.7 Å². The lowest BCUT2D eigenvalue weighted by Crippen LogP contribution is -2.38. The smallest absolute Gasteiger partial charge is 0.416 e. The van der Waals surface area contributed by atoms with Gasteiger partial charge in [0.2, 0.25) is 0 Å². The first kappa shape index (κ1) is 17.5. The Morgan fingerprint density at radius 1 is 1.29 bits per heavy atom. The van der Waals surface area contributed by atoms with E-state index in [0.29, 0.717) is 6.42 Å². The van der Waals surface area contributed by atoms with Crippen molar-refractivity contribution >= 4 is 5.97 Å². The van der Waals surface area contributed by atoms with Crippen molar-refractivity contribution in [3.63, 3.8) is 0 Å². The molecule has 3 nitrogen and oxygen atoms in total. The number of halogens is 3. The molecule has 0 aliphatic rings. The maximum absolute atomic E-state index is 12.9. The lowest BCUT2D eigenvalue weighted by molar-refractivity contribution is -0.145. The highest BCUT2D eigenvalue weighted by Gasteiger charge is 2.33. The molecule has 118 valence electrons. The van der Waals surface area contributed by atoms with E-state index in [1.165, 1.54) is 12.1 Å².